The zero-order valence-corrected chi connectivity index (χ0v) is 14.4. The van der Waals surface area contributed by atoms with Crippen molar-refractivity contribution in [1.29, 1.82) is 0 Å². The third-order valence-electron chi connectivity index (χ3n) is 5.26. The predicted molar refractivity (Wildman–Crippen MR) is 97.1 cm³/mol. The number of benzene rings is 2. The molecule has 4 rings (SSSR count). The number of hydrogen-bond donors (Lipinski definition) is 1. The maximum absolute atomic E-state index is 13.9. The van der Waals surface area contributed by atoms with E-state index in [1.165, 1.54) is 12.1 Å². The molecule has 5 heteroatoms. The first-order valence-electron chi connectivity index (χ1n) is 9.06. The second-order valence-electron chi connectivity index (χ2n) is 7.02. The van der Waals surface area contributed by atoms with Crippen LogP contribution in [-0.2, 0) is 9.59 Å². The summed E-state index contributed by atoms with van der Waals surface area (Å²) >= 11 is 0. The summed E-state index contributed by atoms with van der Waals surface area (Å²) in [5.74, 6) is -2.09. The normalized spacial score (nSPS) is 23.0. The lowest BCUT2D eigenvalue weighted by atomic mass is 9.79. The van der Waals surface area contributed by atoms with Crippen molar-refractivity contribution in [2.75, 3.05) is 11.9 Å². The molecule has 1 aliphatic heterocycles. The molecule has 26 heavy (non-hydrogen) atoms. The molecule has 1 N–H and O–H groups in total. The number of anilines is 1. The highest BCUT2D eigenvalue weighted by molar-refractivity contribution is 6.07. The SMILES string of the molecule is O=C(Nc1ccccc1F)[C@H]1C(=O)N(C2CC2)CC[C@@H]1c1ccccc1. The van der Waals surface area contributed by atoms with Crippen LogP contribution in [0.2, 0.25) is 0 Å². The van der Waals surface area contributed by atoms with Crippen molar-refractivity contribution < 1.29 is 14.0 Å². The molecule has 1 saturated carbocycles. The smallest absolute Gasteiger partial charge is 0.237 e. The van der Waals surface area contributed by atoms with Gasteiger partial charge in [0.25, 0.3) is 0 Å². The number of hydrogen-bond acceptors (Lipinski definition) is 2. The fourth-order valence-corrected chi connectivity index (χ4v) is 3.78. The monoisotopic (exact) mass is 352 g/mol. The number of nitrogens with one attached hydrogen (secondary N) is 1. The van der Waals surface area contributed by atoms with Gasteiger partial charge in [-0.1, -0.05) is 42.5 Å². The number of carbonyl (C=O) groups is 2. The molecule has 0 spiro atoms. The molecule has 0 radical (unpaired) electrons. The van der Waals surface area contributed by atoms with Gasteiger partial charge in [0.1, 0.15) is 11.7 Å². The number of nitrogens with zero attached hydrogens (tertiary/aromatic N) is 1. The Morgan fingerprint density at radius 1 is 1.00 bits per heavy atom. The van der Waals surface area contributed by atoms with Gasteiger partial charge >= 0.3 is 0 Å². The maximum atomic E-state index is 13.9. The highest BCUT2D eigenvalue weighted by atomic mass is 19.1. The van der Waals surface area contributed by atoms with Crippen LogP contribution in [-0.4, -0.2) is 29.3 Å². The quantitative estimate of drug-likeness (QED) is 0.856. The van der Waals surface area contributed by atoms with Crippen molar-refractivity contribution in [2.24, 2.45) is 5.92 Å². The second-order valence-corrected chi connectivity index (χ2v) is 7.02. The Kier molecular flexibility index (Phi) is 4.45. The topological polar surface area (TPSA) is 49.4 Å². The van der Waals surface area contributed by atoms with E-state index >= 15 is 0 Å². The van der Waals surface area contributed by atoms with Gasteiger partial charge in [-0.25, -0.2) is 4.39 Å². The van der Waals surface area contributed by atoms with Crippen LogP contribution >= 0.6 is 0 Å². The molecule has 0 bridgehead atoms. The summed E-state index contributed by atoms with van der Waals surface area (Å²) in [5.41, 5.74) is 1.09. The Balaban J connectivity index is 1.63. The summed E-state index contributed by atoms with van der Waals surface area (Å²) in [6, 6.07) is 16.0. The lowest BCUT2D eigenvalue weighted by Gasteiger charge is -2.37. The first-order chi connectivity index (χ1) is 12.6. The summed E-state index contributed by atoms with van der Waals surface area (Å²) in [7, 11) is 0. The minimum Gasteiger partial charge on any atom is -0.339 e. The van der Waals surface area contributed by atoms with Crippen LogP contribution in [0.25, 0.3) is 0 Å². The minimum atomic E-state index is -0.827. The van der Waals surface area contributed by atoms with E-state index in [4.69, 9.17) is 0 Å². The number of amides is 2. The molecule has 2 aromatic carbocycles. The Morgan fingerprint density at radius 2 is 1.69 bits per heavy atom. The van der Waals surface area contributed by atoms with E-state index in [2.05, 4.69) is 5.32 Å². The molecule has 1 heterocycles. The number of piperidine rings is 1. The third-order valence-corrected chi connectivity index (χ3v) is 5.26. The predicted octanol–water partition coefficient (Wildman–Crippen LogP) is 3.56. The van der Waals surface area contributed by atoms with Gasteiger partial charge in [0.2, 0.25) is 11.8 Å². The lowest BCUT2D eigenvalue weighted by Crippen LogP contribution is -2.50. The van der Waals surface area contributed by atoms with Crippen LogP contribution in [0, 0.1) is 11.7 Å². The van der Waals surface area contributed by atoms with E-state index in [1.807, 2.05) is 35.2 Å². The number of halogens is 1. The van der Waals surface area contributed by atoms with Gasteiger partial charge in [-0.2, -0.15) is 0 Å². The van der Waals surface area contributed by atoms with Gasteiger partial charge in [0.15, 0.2) is 0 Å². The van der Waals surface area contributed by atoms with Crippen molar-refractivity contribution in [1.82, 2.24) is 4.90 Å². The molecule has 2 aromatic rings. The third kappa shape index (κ3) is 3.21. The van der Waals surface area contributed by atoms with Crippen molar-refractivity contribution >= 4 is 17.5 Å². The van der Waals surface area contributed by atoms with Crippen molar-refractivity contribution in [3.05, 3.63) is 66.0 Å². The number of likely N-dealkylation sites (tertiary alicyclic amines) is 1. The molecular weight excluding hydrogens is 331 g/mol. The summed E-state index contributed by atoms with van der Waals surface area (Å²) in [6.07, 6.45) is 2.74. The average Bonchev–Trinajstić information content (AvgIpc) is 3.49. The highest BCUT2D eigenvalue weighted by Crippen LogP contribution is 2.39. The lowest BCUT2D eigenvalue weighted by molar-refractivity contribution is -0.145. The van der Waals surface area contributed by atoms with Gasteiger partial charge in [0, 0.05) is 18.5 Å². The largest absolute Gasteiger partial charge is 0.339 e. The van der Waals surface area contributed by atoms with Crippen LogP contribution in [0.1, 0.15) is 30.7 Å². The fourth-order valence-electron chi connectivity index (χ4n) is 3.78. The Labute approximate surface area is 152 Å². The molecule has 1 saturated heterocycles. The molecule has 0 unspecified atom stereocenters. The number of rotatable bonds is 4. The summed E-state index contributed by atoms with van der Waals surface area (Å²) in [5, 5.41) is 2.63. The minimum absolute atomic E-state index is 0.112. The molecule has 1 aliphatic carbocycles. The summed E-state index contributed by atoms with van der Waals surface area (Å²) in [4.78, 5) is 27.9. The zero-order valence-electron chi connectivity index (χ0n) is 14.4. The molecule has 2 amide bonds. The van der Waals surface area contributed by atoms with E-state index < -0.39 is 17.6 Å². The van der Waals surface area contributed by atoms with Crippen LogP contribution in [0.4, 0.5) is 10.1 Å². The van der Waals surface area contributed by atoms with E-state index in [9.17, 15) is 14.0 Å². The van der Waals surface area contributed by atoms with Crippen LogP contribution in [0.3, 0.4) is 0 Å². The molecule has 0 aromatic heterocycles. The molecule has 134 valence electrons. The van der Waals surface area contributed by atoms with Gasteiger partial charge in [-0.3, -0.25) is 9.59 Å². The average molecular weight is 352 g/mol. The number of carbonyl (C=O) groups excluding carboxylic acids is 2. The highest BCUT2D eigenvalue weighted by Gasteiger charge is 2.46. The summed E-state index contributed by atoms with van der Waals surface area (Å²) < 4.78 is 13.9. The van der Waals surface area contributed by atoms with Gasteiger partial charge in [0.05, 0.1) is 5.69 Å². The van der Waals surface area contributed by atoms with E-state index in [-0.39, 0.29) is 23.6 Å². The Morgan fingerprint density at radius 3 is 2.38 bits per heavy atom. The van der Waals surface area contributed by atoms with E-state index in [0.717, 1.165) is 24.8 Å². The first-order valence-corrected chi connectivity index (χ1v) is 9.06. The molecule has 4 nitrogen and oxygen atoms in total. The summed E-state index contributed by atoms with van der Waals surface area (Å²) in [6.45, 7) is 0.673. The Hall–Kier alpha value is -2.69. The van der Waals surface area contributed by atoms with E-state index in [0.29, 0.717) is 6.54 Å². The molecule has 2 atom stereocenters. The standard InChI is InChI=1S/C21H21FN2O2/c22-17-8-4-5-9-18(17)23-20(25)19-16(14-6-2-1-3-7-14)12-13-24(21(19)26)15-10-11-15/h1-9,15-16,19H,10-13H2,(H,23,25)/t16-,19+/m1/s1. The van der Waals surface area contributed by atoms with E-state index in [1.54, 1.807) is 12.1 Å². The van der Waals surface area contributed by atoms with Crippen molar-refractivity contribution in [2.45, 2.75) is 31.2 Å². The fraction of sp³-hybridized carbons (Fsp3) is 0.333. The van der Waals surface area contributed by atoms with Crippen molar-refractivity contribution in [3.8, 4) is 0 Å². The first kappa shape index (κ1) is 16.8. The van der Waals surface area contributed by atoms with Crippen LogP contribution in [0.5, 0.6) is 0 Å². The second kappa shape index (κ2) is 6.90. The van der Waals surface area contributed by atoms with Gasteiger partial charge in [-0.05, 0) is 37.0 Å². The van der Waals surface area contributed by atoms with Gasteiger partial charge in [-0.15, -0.1) is 0 Å². The van der Waals surface area contributed by atoms with Gasteiger partial charge < -0.3 is 10.2 Å². The number of para-hydroxylation sites is 1. The Bertz CT molecular complexity index is 820. The molecule has 2 fully saturated rings. The zero-order chi connectivity index (χ0) is 18.1. The molecular formula is C21H21FN2O2. The van der Waals surface area contributed by atoms with Crippen LogP contribution in [0.15, 0.2) is 54.6 Å². The van der Waals surface area contributed by atoms with Crippen molar-refractivity contribution in [3.63, 3.8) is 0 Å². The maximum Gasteiger partial charge on any atom is 0.237 e. The molecule has 2 aliphatic rings. The van der Waals surface area contributed by atoms with Crippen LogP contribution < -0.4 is 5.32 Å².